The predicted molar refractivity (Wildman–Crippen MR) is 153 cm³/mol. The van der Waals surface area contributed by atoms with Crippen LogP contribution in [0.3, 0.4) is 0 Å². The number of halogens is 1. The minimum atomic E-state index is -3.98. The van der Waals surface area contributed by atoms with Crippen molar-refractivity contribution in [1.29, 1.82) is 0 Å². The van der Waals surface area contributed by atoms with Gasteiger partial charge in [0.15, 0.2) is 11.5 Å². The Bertz CT molecular complexity index is 1680. The molecule has 2 amide bonds. The molecule has 4 atom stereocenters. The van der Waals surface area contributed by atoms with Crippen molar-refractivity contribution in [2.24, 2.45) is 5.92 Å². The Balaban J connectivity index is 1.98. The number of Topliss-reactive ketones (excluding diaryl/α,β-unsaturated/α-hetero) is 1. The summed E-state index contributed by atoms with van der Waals surface area (Å²) in [7, 11) is -2.56. The summed E-state index contributed by atoms with van der Waals surface area (Å²) in [5, 5.41) is 25.1. The number of carboxylic acid groups (broad SMARTS) is 2. The third-order valence-corrected chi connectivity index (χ3v) is 8.48. The van der Waals surface area contributed by atoms with Crippen LogP contribution in [0.4, 0.5) is 21.5 Å². The number of rotatable bonds is 10. The average Bonchev–Trinajstić information content (AvgIpc) is 3.51. The van der Waals surface area contributed by atoms with Crippen molar-refractivity contribution in [3.8, 4) is 11.5 Å². The maximum absolute atomic E-state index is 15.6. The van der Waals surface area contributed by atoms with Gasteiger partial charge in [-0.2, -0.15) is 0 Å². The monoisotopic (exact) mass is 635 g/mol. The van der Waals surface area contributed by atoms with Crippen LogP contribution >= 0.6 is 0 Å². The summed E-state index contributed by atoms with van der Waals surface area (Å²) < 4.78 is 52.2. The zero-order valence-corrected chi connectivity index (χ0v) is 24.9. The number of hydrogen-bond acceptors (Lipinski definition) is 10. The normalized spacial score (nSPS) is 19.3. The second kappa shape index (κ2) is 12.1. The average molecular weight is 636 g/mol. The van der Waals surface area contributed by atoms with Gasteiger partial charge in [-0.05, 0) is 37.1 Å². The highest BCUT2D eigenvalue weighted by Crippen LogP contribution is 2.51. The van der Waals surface area contributed by atoms with E-state index >= 15 is 4.39 Å². The number of carbonyl (C=O) groups is 5. The third-order valence-electron chi connectivity index (χ3n) is 7.49. The largest absolute Gasteiger partial charge is 0.493 e. The molecule has 2 aromatic rings. The van der Waals surface area contributed by atoms with Gasteiger partial charge in [-0.15, -0.1) is 0 Å². The number of carboxylic acids is 2. The van der Waals surface area contributed by atoms with Crippen molar-refractivity contribution in [1.82, 2.24) is 0 Å². The van der Waals surface area contributed by atoms with Gasteiger partial charge in [-0.1, -0.05) is 0 Å². The van der Waals surface area contributed by atoms with Crippen LogP contribution in [0, 0.1) is 11.7 Å². The number of carbonyl (C=O) groups excluding carboxylic acids is 3. The Labute approximate surface area is 251 Å². The van der Waals surface area contributed by atoms with Gasteiger partial charge in [0.25, 0.3) is 0 Å². The van der Waals surface area contributed by atoms with E-state index in [4.69, 9.17) is 9.47 Å². The first-order valence-corrected chi connectivity index (χ1v) is 15.4. The number of fused-ring (bicyclic) bond motifs is 2. The number of sulfone groups is 1. The second-order valence-corrected chi connectivity index (χ2v) is 12.6. The summed E-state index contributed by atoms with van der Waals surface area (Å²) in [4.78, 5) is 63.3. The Kier molecular flexibility index (Phi) is 8.86. The predicted octanol–water partition coefficient (Wildman–Crippen LogP) is 1.43. The lowest BCUT2D eigenvalue weighted by molar-refractivity contribution is -0.150. The zero-order chi connectivity index (χ0) is 32.7. The Morgan fingerprint density at radius 1 is 1.14 bits per heavy atom. The van der Waals surface area contributed by atoms with E-state index in [0.717, 1.165) is 25.3 Å². The van der Waals surface area contributed by atoms with Gasteiger partial charge >= 0.3 is 17.8 Å². The fourth-order valence-electron chi connectivity index (χ4n) is 5.99. The third kappa shape index (κ3) is 6.02. The van der Waals surface area contributed by atoms with E-state index in [1.165, 1.54) is 7.11 Å². The maximum Gasteiger partial charge on any atom is 0.394 e. The highest BCUT2D eigenvalue weighted by atomic mass is 32.2. The molecule has 0 fully saturated rings. The van der Waals surface area contributed by atoms with Gasteiger partial charge < -0.3 is 30.3 Å². The van der Waals surface area contributed by atoms with Crippen LogP contribution in [-0.2, 0) is 40.2 Å². The number of hydrogen-bond donors (Lipinski definition) is 4. The number of anilines is 3. The van der Waals surface area contributed by atoms with Crippen LogP contribution in [0.25, 0.3) is 0 Å². The van der Waals surface area contributed by atoms with Crippen molar-refractivity contribution >= 4 is 56.4 Å². The number of benzene rings is 2. The van der Waals surface area contributed by atoms with Gasteiger partial charge in [0.1, 0.15) is 15.7 Å². The number of ether oxygens (including phenoxy) is 2. The highest BCUT2D eigenvalue weighted by Gasteiger charge is 2.56. The van der Waals surface area contributed by atoms with Crippen LogP contribution in [0.1, 0.15) is 30.9 Å². The number of nitrogens with one attached hydrogen (secondary N) is 2. The van der Waals surface area contributed by atoms with Crippen molar-refractivity contribution in [2.75, 3.05) is 41.3 Å². The van der Waals surface area contributed by atoms with Gasteiger partial charge in [-0.25, -0.2) is 22.4 Å². The fraction of sp³-hybridized carbons (Fsp3) is 0.393. The minimum Gasteiger partial charge on any atom is -0.493 e. The molecule has 14 nitrogen and oxygen atoms in total. The molecule has 0 aromatic heterocycles. The minimum absolute atomic E-state index is 0.0647. The fourth-order valence-corrected chi connectivity index (χ4v) is 7.12. The number of methoxy groups -OCH3 is 1. The zero-order valence-electron chi connectivity index (χ0n) is 24.0. The van der Waals surface area contributed by atoms with E-state index in [2.05, 4.69) is 10.6 Å². The number of ketones is 1. The van der Waals surface area contributed by atoms with Crippen LogP contribution < -0.4 is 25.0 Å². The van der Waals surface area contributed by atoms with Crippen molar-refractivity contribution in [3.63, 3.8) is 0 Å². The molecule has 44 heavy (non-hydrogen) atoms. The van der Waals surface area contributed by atoms with Gasteiger partial charge in [0, 0.05) is 48.1 Å². The van der Waals surface area contributed by atoms with Gasteiger partial charge in [0.05, 0.1) is 37.1 Å². The summed E-state index contributed by atoms with van der Waals surface area (Å²) >= 11 is 0. The molecular weight excluding hydrogens is 605 g/mol. The SMILES string of the molecule is CCOc1cc2c(cc1OC)C[C@@H]([C@H](CS(C)(=O)=O)[C@@H]1[C@@H](C(=O)C(=O)O)c3c(NC(C)=O)ccc(F)c3N1C(=O)C(=O)O)N2. The molecule has 0 unspecified atom stereocenters. The highest BCUT2D eigenvalue weighted by molar-refractivity contribution is 7.90. The standard InChI is InChI=1S/C28H30FN3O11S/c1-5-43-20-10-17-13(9-19(20)42-3)8-18(31-17)14(11-44(4,40)41)23-22(25(34)27(36)37)21-16(30-12(2)33)7-6-15(29)24(21)32(23)26(35)28(38)39/h6-7,9-10,14,18,22-23,31H,5,8,11H2,1-4H3,(H,30,33)(H,36,37)(H,38,39)/t14-,18-,22-,23+/m0/s1. The smallest absolute Gasteiger partial charge is 0.394 e. The second-order valence-electron chi connectivity index (χ2n) is 10.5. The summed E-state index contributed by atoms with van der Waals surface area (Å²) in [6.07, 6.45) is 0.941. The summed E-state index contributed by atoms with van der Waals surface area (Å²) in [6, 6.07) is 2.33. The van der Waals surface area contributed by atoms with E-state index in [0.29, 0.717) is 34.3 Å². The van der Waals surface area contributed by atoms with E-state index in [1.807, 2.05) is 0 Å². The first-order chi connectivity index (χ1) is 20.6. The summed E-state index contributed by atoms with van der Waals surface area (Å²) in [5.74, 6) is -12.6. The van der Waals surface area contributed by atoms with Crippen molar-refractivity contribution < 1.29 is 56.5 Å². The molecule has 0 bridgehead atoms. The molecule has 2 aliphatic rings. The Morgan fingerprint density at radius 2 is 1.82 bits per heavy atom. The molecule has 0 spiro atoms. The van der Waals surface area contributed by atoms with Crippen molar-refractivity contribution in [3.05, 3.63) is 41.2 Å². The first-order valence-electron chi connectivity index (χ1n) is 13.3. The molecule has 2 aromatic carbocycles. The topological polar surface area (TPSA) is 206 Å². The molecule has 236 valence electrons. The molecule has 0 radical (unpaired) electrons. The van der Waals surface area contributed by atoms with Crippen molar-refractivity contribution in [2.45, 2.75) is 38.3 Å². The Hall–Kier alpha value is -4.73. The van der Waals surface area contributed by atoms with Gasteiger partial charge in [0.2, 0.25) is 11.7 Å². The van der Waals surface area contributed by atoms with Crippen LogP contribution in [0.5, 0.6) is 11.5 Å². The molecule has 16 heteroatoms. The van der Waals surface area contributed by atoms with Gasteiger partial charge in [-0.3, -0.25) is 19.3 Å². The molecule has 4 rings (SSSR count). The molecular formula is C28H30FN3O11S. The van der Waals surface area contributed by atoms with Crippen LogP contribution in [0.15, 0.2) is 24.3 Å². The summed E-state index contributed by atoms with van der Waals surface area (Å²) in [5.41, 5.74) is -0.350. The lowest BCUT2D eigenvalue weighted by Crippen LogP contribution is -2.54. The summed E-state index contributed by atoms with van der Waals surface area (Å²) in [6.45, 7) is 3.14. The number of amides is 2. The lowest BCUT2D eigenvalue weighted by atomic mass is 9.79. The number of aliphatic carboxylic acids is 2. The molecule has 0 aliphatic carbocycles. The molecule has 0 saturated carbocycles. The van der Waals surface area contributed by atoms with E-state index in [-0.39, 0.29) is 12.1 Å². The van der Waals surface area contributed by atoms with Crippen LogP contribution in [0.2, 0.25) is 0 Å². The first kappa shape index (κ1) is 32.2. The Morgan fingerprint density at radius 3 is 2.36 bits per heavy atom. The maximum atomic E-state index is 15.6. The molecule has 0 saturated heterocycles. The molecule has 4 N–H and O–H groups in total. The quantitative estimate of drug-likeness (QED) is 0.274. The van der Waals surface area contributed by atoms with E-state index < -0.39 is 86.1 Å². The van der Waals surface area contributed by atoms with E-state index in [1.54, 1.807) is 19.1 Å². The van der Waals surface area contributed by atoms with E-state index in [9.17, 15) is 42.6 Å². The molecule has 2 aliphatic heterocycles. The number of nitrogens with zero attached hydrogens (tertiary/aromatic N) is 1. The lowest BCUT2D eigenvalue weighted by Gasteiger charge is -2.36. The molecule has 2 heterocycles. The van der Waals surface area contributed by atoms with Crippen LogP contribution in [-0.4, -0.2) is 86.0 Å².